The average Bonchev–Trinajstić information content (AvgIpc) is 3.57. The van der Waals surface area contributed by atoms with E-state index >= 15 is 0 Å². The maximum Gasteiger partial charge on any atom is 0.339 e. The molecule has 6 rings (SSSR count). The Hall–Kier alpha value is -2.89. The molecular weight excluding hydrogens is 531 g/mol. The Morgan fingerprint density at radius 3 is 2.74 bits per heavy atom. The number of allylic oxidation sites excluding steroid dienone is 1. The summed E-state index contributed by atoms with van der Waals surface area (Å²) in [7, 11) is 0. The predicted molar refractivity (Wildman–Crippen MR) is 156 cm³/mol. The van der Waals surface area contributed by atoms with Gasteiger partial charge in [0.1, 0.15) is 0 Å². The van der Waals surface area contributed by atoms with Crippen LogP contribution in [0.4, 0.5) is 0 Å². The molecule has 39 heavy (non-hydrogen) atoms. The molecule has 1 N–H and O–H groups in total. The Kier molecular flexibility index (Phi) is 7.39. The highest BCUT2D eigenvalue weighted by atomic mass is 35.5. The van der Waals surface area contributed by atoms with Gasteiger partial charge in [-0.1, -0.05) is 60.0 Å². The van der Waals surface area contributed by atoms with Gasteiger partial charge in [-0.3, -0.25) is 4.79 Å². The SMILES string of the molecule is C[C@H](NC(=O)COC(=O)c1c2c(nc3ccccc13)/C(=C\c1cccc(Cl)c1Cl)CCC2)[C@@H]1C[C@H]2CC[C@H]1C2. The number of nitrogens with one attached hydrogen (secondary N) is 1. The van der Waals surface area contributed by atoms with Gasteiger partial charge in [-0.2, -0.15) is 0 Å². The van der Waals surface area contributed by atoms with Crippen molar-refractivity contribution in [3.8, 4) is 0 Å². The standard InChI is InChI=1S/C32H32Cl2N2O3/c1-18(25-15-19-12-13-20(25)14-19)35-28(37)17-39-32(38)29-23-8-2-3-11-27(23)36-31-22(7-4-9-24(29)31)16-21-6-5-10-26(33)30(21)34/h2-3,5-6,8,10-11,16,18-20,25H,4,7,9,12-15,17H2,1H3,(H,35,37)/b22-16-/t18-,19-,20-,25-/m0/s1. The minimum Gasteiger partial charge on any atom is -0.452 e. The van der Waals surface area contributed by atoms with E-state index in [2.05, 4.69) is 12.2 Å². The number of halogens is 2. The summed E-state index contributed by atoms with van der Waals surface area (Å²) in [5.74, 6) is 1.32. The van der Waals surface area contributed by atoms with Crippen LogP contribution in [0.3, 0.4) is 0 Å². The quantitative estimate of drug-likeness (QED) is 0.315. The summed E-state index contributed by atoms with van der Waals surface area (Å²) < 4.78 is 5.64. The smallest absolute Gasteiger partial charge is 0.339 e. The summed E-state index contributed by atoms with van der Waals surface area (Å²) >= 11 is 12.7. The number of nitrogens with zero attached hydrogens (tertiary/aromatic N) is 1. The molecule has 0 radical (unpaired) electrons. The first-order valence-corrected chi connectivity index (χ1v) is 14.7. The molecular formula is C32H32Cl2N2O3. The zero-order valence-electron chi connectivity index (χ0n) is 22.0. The van der Waals surface area contributed by atoms with Gasteiger partial charge in [0.2, 0.25) is 0 Å². The number of hydrogen-bond acceptors (Lipinski definition) is 4. The zero-order chi connectivity index (χ0) is 27.1. The molecule has 0 spiro atoms. The monoisotopic (exact) mass is 562 g/mol. The van der Waals surface area contributed by atoms with Gasteiger partial charge >= 0.3 is 5.97 Å². The molecule has 4 atom stereocenters. The molecule has 1 amide bonds. The number of amides is 1. The molecule has 3 aliphatic rings. The third kappa shape index (κ3) is 5.19. The summed E-state index contributed by atoms with van der Waals surface area (Å²) in [5.41, 5.74) is 4.64. The molecule has 0 unspecified atom stereocenters. The maximum atomic E-state index is 13.6. The Labute approximate surface area is 238 Å². The first-order chi connectivity index (χ1) is 18.9. The number of pyridine rings is 1. The number of para-hydroxylation sites is 1. The van der Waals surface area contributed by atoms with E-state index in [0.717, 1.165) is 46.5 Å². The Morgan fingerprint density at radius 1 is 1.10 bits per heavy atom. The van der Waals surface area contributed by atoms with Crippen molar-refractivity contribution >= 4 is 57.6 Å². The van der Waals surface area contributed by atoms with E-state index in [1.165, 1.54) is 25.7 Å². The van der Waals surface area contributed by atoms with E-state index in [0.29, 0.717) is 39.4 Å². The third-order valence-electron chi connectivity index (χ3n) is 8.84. The third-order valence-corrected chi connectivity index (χ3v) is 9.68. The molecule has 5 nitrogen and oxygen atoms in total. The number of rotatable bonds is 6. The van der Waals surface area contributed by atoms with Crippen molar-refractivity contribution < 1.29 is 14.3 Å². The van der Waals surface area contributed by atoms with E-state index in [1.54, 1.807) is 6.07 Å². The fraction of sp³-hybridized carbons (Fsp3) is 0.406. The number of fused-ring (bicyclic) bond motifs is 4. The molecule has 0 aliphatic heterocycles. The molecule has 3 aromatic rings. The Balaban J connectivity index is 1.26. The molecule has 1 heterocycles. The van der Waals surface area contributed by atoms with Gasteiger partial charge in [-0.15, -0.1) is 0 Å². The fourth-order valence-corrected chi connectivity index (χ4v) is 7.40. The lowest BCUT2D eigenvalue weighted by Gasteiger charge is -2.28. The van der Waals surface area contributed by atoms with E-state index in [-0.39, 0.29) is 18.6 Å². The summed E-state index contributed by atoms with van der Waals surface area (Å²) in [6.45, 7) is 1.79. The van der Waals surface area contributed by atoms with Crippen molar-refractivity contribution in [2.45, 2.75) is 57.9 Å². The van der Waals surface area contributed by atoms with Crippen molar-refractivity contribution in [3.05, 3.63) is 74.9 Å². The van der Waals surface area contributed by atoms with Crippen molar-refractivity contribution in [2.75, 3.05) is 6.61 Å². The second-order valence-electron chi connectivity index (χ2n) is 11.3. The summed E-state index contributed by atoms with van der Waals surface area (Å²) in [6, 6.07) is 13.2. The van der Waals surface area contributed by atoms with Gasteiger partial charge in [0.25, 0.3) is 5.91 Å². The van der Waals surface area contributed by atoms with Gasteiger partial charge in [0.05, 0.1) is 26.8 Å². The highest BCUT2D eigenvalue weighted by molar-refractivity contribution is 6.43. The van der Waals surface area contributed by atoms with Crippen LogP contribution in [0.5, 0.6) is 0 Å². The van der Waals surface area contributed by atoms with Crippen LogP contribution >= 0.6 is 23.2 Å². The van der Waals surface area contributed by atoms with Crippen LogP contribution < -0.4 is 5.32 Å². The predicted octanol–water partition coefficient (Wildman–Crippen LogP) is 7.52. The second kappa shape index (κ2) is 10.9. The lowest BCUT2D eigenvalue weighted by Crippen LogP contribution is -2.42. The molecule has 2 bridgehead atoms. The highest BCUT2D eigenvalue weighted by Gasteiger charge is 2.42. The molecule has 2 aromatic carbocycles. The van der Waals surface area contributed by atoms with Crippen LogP contribution in [0, 0.1) is 17.8 Å². The number of carbonyl (C=O) groups excluding carboxylic acids is 2. The van der Waals surface area contributed by atoms with Gasteiger partial charge in [-0.25, -0.2) is 9.78 Å². The van der Waals surface area contributed by atoms with Gasteiger partial charge in [-0.05, 0) is 98.1 Å². The van der Waals surface area contributed by atoms with Crippen LogP contribution in [0.15, 0.2) is 42.5 Å². The number of esters is 1. The highest BCUT2D eigenvalue weighted by Crippen LogP contribution is 2.49. The number of hydrogen-bond donors (Lipinski definition) is 1. The Bertz CT molecular complexity index is 1480. The number of benzene rings is 2. The minimum absolute atomic E-state index is 0.0898. The van der Waals surface area contributed by atoms with E-state index in [9.17, 15) is 9.59 Å². The molecule has 2 saturated carbocycles. The van der Waals surface area contributed by atoms with E-state index < -0.39 is 5.97 Å². The lowest BCUT2D eigenvalue weighted by atomic mass is 9.84. The number of ether oxygens (including phenoxy) is 1. The summed E-state index contributed by atoms with van der Waals surface area (Å²) in [4.78, 5) is 31.3. The van der Waals surface area contributed by atoms with Crippen molar-refractivity contribution in [3.63, 3.8) is 0 Å². The fourth-order valence-electron chi connectivity index (χ4n) is 7.04. The van der Waals surface area contributed by atoms with Crippen molar-refractivity contribution in [1.29, 1.82) is 0 Å². The summed E-state index contributed by atoms with van der Waals surface area (Å²) in [5, 5.41) is 4.81. The van der Waals surface area contributed by atoms with Crippen LogP contribution in [0.1, 0.15) is 72.6 Å². The first kappa shape index (κ1) is 26.3. The zero-order valence-corrected chi connectivity index (χ0v) is 23.5. The first-order valence-electron chi connectivity index (χ1n) is 13.9. The molecule has 1 aromatic heterocycles. The van der Waals surface area contributed by atoms with Crippen molar-refractivity contribution in [1.82, 2.24) is 10.3 Å². The van der Waals surface area contributed by atoms with E-state index in [4.69, 9.17) is 32.9 Å². The van der Waals surface area contributed by atoms with Crippen molar-refractivity contribution in [2.24, 2.45) is 17.8 Å². The van der Waals surface area contributed by atoms with Crippen LogP contribution in [0.2, 0.25) is 10.0 Å². The largest absolute Gasteiger partial charge is 0.452 e. The van der Waals surface area contributed by atoms with Crippen LogP contribution in [0.25, 0.3) is 22.6 Å². The number of carbonyl (C=O) groups is 2. The normalized spacial score (nSPS) is 23.6. The minimum atomic E-state index is -0.491. The average molecular weight is 564 g/mol. The van der Waals surface area contributed by atoms with Gasteiger partial charge < -0.3 is 10.1 Å². The molecule has 3 aliphatic carbocycles. The lowest BCUT2D eigenvalue weighted by molar-refractivity contribution is -0.125. The van der Waals surface area contributed by atoms with Gasteiger partial charge in [0, 0.05) is 11.4 Å². The molecule has 0 saturated heterocycles. The van der Waals surface area contributed by atoms with Gasteiger partial charge in [0.15, 0.2) is 6.61 Å². The topological polar surface area (TPSA) is 68.3 Å². The molecule has 202 valence electrons. The molecule has 7 heteroatoms. The second-order valence-corrected chi connectivity index (χ2v) is 12.1. The van der Waals surface area contributed by atoms with E-state index in [1.807, 2.05) is 42.5 Å². The number of aromatic nitrogens is 1. The molecule has 2 fully saturated rings. The maximum absolute atomic E-state index is 13.6. The van der Waals surface area contributed by atoms with Crippen LogP contribution in [-0.4, -0.2) is 29.5 Å². The summed E-state index contributed by atoms with van der Waals surface area (Å²) in [6.07, 6.45) is 9.45. The van der Waals surface area contributed by atoms with Crippen LogP contribution in [-0.2, 0) is 16.0 Å². The Morgan fingerprint density at radius 2 is 1.95 bits per heavy atom.